The standard InChI is InChI=1S/C13H13F3N2OS/c14-13(15,16)9-4-1-3-8(7-9)12-17-11(18-19-12)10-5-2-6-20-10/h2,5-6,8-9H,1,3-4,7H2. The van der Waals surface area contributed by atoms with Gasteiger partial charge in [-0.05, 0) is 30.7 Å². The van der Waals surface area contributed by atoms with Gasteiger partial charge in [0.25, 0.3) is 0 Å². The zero-order valence-corrected chi connectivity index (χ0v) is 11.4. The molecular formula is C13H13F3N2OS. The first-order valence-corrected chi connectivity index (χ1v) is 7.36. The van der Waals surface area contributed by atoms with E-state index in [0.29, 0.717) is 24.6 Å². The minimum atomic E-state index is -4.13. The third-order valence-electron chi connectivity index (χ3n) is 3.67. The molecule has 1 aliphatic rings. The lowest BCUT2D eigenvalue weighted by Gasteiger charge is -2.28. The fraction of sp³-hybridized carbons (Fsp3) is 0.538. The van der Waals surface area contributed by atoms with Crippen LogP contribution in [-0.2, 0) is 0 Å². The summed E-state index contributed by atoms with van der Waals surface area (Å²) in [6.45, 7) is 0. The summed E-state index contributed by atoms with van der Waals surface area (Å²) in [6, 6.07) is 3.73. The number of alkyl halides is 3. The normalized spacial score (nSPS) is 23.9. The molecule has 0 N–H and O–H groups in total. The predicted molar refractivity (Wildman–Crippen MR) is 68.4 cm³/mol. The zero-order chi connectivity index (χ0) is 14.2. The number of rotatable bonds is 2. The average molecular weight is 302 g/mol. The summed E-state index contributed by atoms with van der Waals surface area (Å²) in [6.07, 6.45) is -2.65. The van der Waals surface area contributed by atoms with Crippen LogP contribution in [0.1, 0.15) is 37.5 Å². The Bertz CT molecular complexity index is 564. The van der Waals surface area contributed by atoms with E-state index < -0.39 is 12.1 Å². The molecule has 0 amide bonds. The van der Waals surface area contributed by atoms with Gasteiger partial charge in [-0.15, -0.1) is 11.3 Å². The van der Waals surface area contributed by atoms with E-state index in [1.807, 2.05) is 17.5 Å². The fourth-order valence-electron chi connectivity index (χ4n) is 2.62. The highest BCUT2D eigenvalue weighted by molar-refractivity contribution is 7.13. The second-order valence-electron chi connectivity index (χ2n) is 5.04. The Morgan fingerprint density at radius 1 is 1.30 bits per heavy atom. The molecule has 0 saturated heterocycles. The molecule has 1 fully saturated rings. The van der Waals surface area contributed by atoms with E-state index in [1.54, 1.807) is 0 Å². The van der Waals surface area contributed by atoms with E-state index >= 15 is 0 Å². The van der Waals surface area contributed by atoms with Gasteiger partial charge in [0, 0.05) is 5.92 Å². The lowest BCUT2D eigenvalue weighted by atomic mass is 9.81. The van der Waals surface area contributed by atoms with Crippen LogP contribution in [0.3, 0.4) is 0 Å². The minimum Gasteiger partial charge on any atom is -0.339 e. The maximum Gasteiger partial charge on any atom is 0.391 e. The van der Waals surface area contributed by atoms with E-state index in [-0.39, 0.29) is 18.8 Å². The first-order valence-electron chi connectivity index (χ1n) is 6.48. The predicted octanol–water partition coefficient (Wildman–Crippen LogP) is 4.63. The third-order valence-corrected chi connectivity index (χ3v) is 4.54. The Morgan fingerprint density at radius 2 is 2.15 bits per heavy atom. The smallest absolute Gasteiger partial charge is 0.339 e. The highest BCUT2D eigenvalue weighted by atomic mass is 32.1. The lowest BCUT2D eigenvalue weighted by molar-refractivity contribution is -0.183. The average Bonchev–Trinajstić information content (AvgIpc) is 3.09. The molecule has 2 aromatic heterocycles. The van der Waals surface area contributed by atoms with Crippen molar-refractivity contribution in [2.75, 3.05) is 0 Å². The molecule has 7 heteroatoms. The van der Waals surface area contributed by atoms with Crippen LogP contribution in [0.25, 0.3) is 10.7 Å². The van der Waals surface area contributed by atoms with Gasteiger partial charge in [-0.1, -0.05) is 17.6 Å². The highest BCUT2D eigenvalue weighted by Gasteiger charge is 2.43. The Labute approximate surface area is 117 Å². The largest absolute Gasteiger partial charge is 0.391 e. The highest BCUT2D eigenvalue weighted by Crippen LogP contribution is 2.43. The van der Waals surface area contributed by atoms with Crippen LogP contribution in [-0.4, -0.2) is 16.3 Å². The molecule has 2 heterocycles. The molecule has 0 aliphatic heterocycles. The van der Waals surface area contributed by atoms with Crippen molar-refractivity contribution in [1.82, 2.24) is 10.1 Å². The van der Waals surface area contributed by atoms with Crippen molar-refractivity contribution in [2.24, 2.45) is 5.92 Å². The molecule has 0 spiro atoms. The topological polar surface area (TPSA) is 38.9 Å². The number of nitrogens with zero attached hydrogens (tertiary/aromatic N) is 2. The second-order valence-corrected chi connectivity index (χ2v) is 5.98. The summed E-state index contributed by atoms with van der Waals surface area (Å²) < 4.78 is 43.5. The second kappa shape index (κ2) is 5.20. The Morgan fingerprint density at radius 3 is 2.85 bits per heavy atom. The van der Waals surface area contributed by atoms with Gasteiger partial charge in [-0.25, -0.2) is 0 Å². The van der Waals surface area contributed by atoms with Crippen molar-refractivity contribution in [2.45, 2.75) is 37.8 Å². The fourth-order valence-corrected chi connectivity index (χ4v) is 3.27. The first kappa shape index (κ1) is 13.6. The Balaban J connectivity index is 1.76. The van der Waals surface area contributed by atoms with Gasteiger partial charge in [0.1, 0.15) is 0 Å². The monoisotopic (exact) mass is 302 g/mol. The van der Waals surface area contributed by atoms with Crippen LogP contribution in [0.2, 0.25) is 0 Å². The van der Waals surface area contributed by atoms with Crippen LogP contribution in [0.5, 0.6) is 0 Å². The van der Waals surface area contributed by atoms with Gasteiger partial charge in [0.05, 0.1) is 10.8 Å². The van der Waals surface area contributed by atoms with Crippen molar-refractivity contribution in [3.8, 4) is 10.7 Å². The van der Waals surface area contributed by atoms with Gasteiger partial charge >= 0.3 is 6.18 Å². The third kappa shape index (κ3) is 2.72. The molecule has 2 unspecified atom stereocenters. The molecule has 1 saturated carbocycles. The van der Waals surface area contributed by atoms with E-state index in [2.05, 4.69) is 10.1 Å². The maximum absolute atomic E-state index is 12.8. The van der Waals surface area contributed by atoms with Gasteiger partial charge in [0.15, 0.2) is 0 Å². The molecule has 20 heavy (non-hydrogen) atoms. The van der Waals surface area contributed by atoms with Gasteiger partial charge in [-0.2, -0.15) is 18.2 Å². The molecule has 2 atom stereocenters. The van der Waals surface area contributed by atoms with E-state index in [9.17, 15) is 13.2 Å². The molecule has 0 radical (unpaired) electrons. The van der Waals surface area contributed by atoms with Crippen LogP contribution in [0.15, 0.2) is 22.0 Å². The summed E-state index contributed by atoms with van der Waals surface area (Å²) in [4.78, 5) is 5.12. The van der Waals surface area contributed by atoms with Gasteiger partial charge < -0.3 is 4.52 Å². The maximum atomic E-state index is 12.8. The summed E-state index contributed by atoms with van der Waals surface area (Å²) in [5, 5.41) is 5.76. The molecule has 3 rings (SSSR count). The van der Waals surface area contributed by atoms with Crippen molar-refractivity contribution in [1.29, 1.82) is 0 Å². The molecule has 3 nitrogen and oxygen atoms in total. The van der Waals surface area contributed by atoms with Crippen LogP contribution >= 0.6 is 11.3 Å². The van der Waals surface area contributed by atoms with E-state index in [1.165, 1.54) is 11.3 Å². The molecule has 0 aromatic carbocycles. The quantitative estimate of drug-likeness (QED) is 0.811. The van der Waals surface area contributed by atoms with Crippen LogP contribution in [0.4, 0.5) is 13.2 Å². The zero-order valence-electron chi connectivity index (χ0n) is 10.6. The van der Waals surface area contributed by atoms with E-state index in [0.717, 1.165) is 4.88 Å². The summed E-state index contributed by atoms with van der Waals surface area (Å²) >= 11 is 1.48. The van der Waals surface area contributed by atoms with E-state index in [4.69, 9.17) is 4.52 Å². The van der Waals surface area contributed by atoms with Crippen molar-refractivity contribution in [3.05, 3.63) is 23.4 Å². The number of thiophene rings is 1. The first-order chi connectivity index (χ1) is 9.54. The number of aromatic nitrogens is 2. The molecule has 0 bridgehead atoms. The van der Waals surface area contributed by atoms with Gasteiger partial charge in [0.2, 0.25) is 11.7 Å². The molecular weight excluding hydrogens is 289 g/mol. The minimum absolute atomic E-state index is 0.0512. The molecule has 2 aromatic rings. The number of hydrogen-bond donors (Lipinski definition) is 0. The summed E-state index contributed by atoms with van der Waals surface area (Å²) in [5.41, 5.74) is 0. The molecule has 108 valence electrons. The number of hydrogen-bond acceptors (Lipinski definition) is 4. The Hall–Kier alpha value is -1.37. The van der Waals surface area contributed by atoms with Crippen LogP contribution < -0.4 is 0 Å². The van der Waals surface area contributed by atoms with Crippen molar-refractivity contribution < 1.29 is 17.7 Å². The Kier molecular flexibility index (Phi) is 3.54. The van der Waals surface area contributed by atoms with Crippen LogP contribution in [0, 0.1) is 5.92 Å². The SMILES string of the molecule is FC(F)(F)C1CCCC(c2nc(-c3cccs3)no2)C1. The van der Waals surface area contributed by atoms with Crippen molar-refractivity contribution >= 4 is 11.3 Å². The van der Waals surface area contributed by atoms with Gasteiger partial charge in [-0.3, -0.25) is 0 Å². The molecule has 1 aliphatic carbocycles. The number of halogens is 3. The lowest BCUT2D eigenvalue weighted by Crippen LogP contribution is -2.28. The summed E-state index contributed by atoms with van der Waals surface area (Å²) in [5.74, 6) is -0.735. The van der Waals surface area contributed by atoms with Crippen molar-refractivity contribution in [3.63, 3.8) is 0 Å². The summed E-state index contributed by atoms with van der Waals surface area (Å²) in [7, 11) is 0.